The molecule has 1 aliphatic rings. The summed E-state index contributed by atoms with van der Waals surface area (Å²) in [6, 6.07) is 6.16. The smallest absolute Gasteiger partial charge is 0.298 e. The number of hydrogen-bond donors (Lipinski definition) is 0. The van der Waals surface area contributed by atoms with E-state index in [2.05, 4.69) is 40.4 Å². The Morgan fingerprint density at radius 2 is 2.09 bits per heavy atom. The molecule has 0 bridgehead atoms. The van der Waals surface area contributed by atoms with Gasteiger partial charge >= 0.3 is 0 Å². The first-order valence-corrected chi connectivity index (χ1v) is 8.17. The van der Waals surface area contributed by atoms with E-state index in [9.17, 15) is 0 Å². The van der Waals surface area contributed by atoms with Gasteiger partial charge in [-0.3, -0.25) is 4.68 Å². The molecule has 1 aliphatic heterocycles. The number of nitrogens with zero attached hydrogens (tertiary/aromatic N) is 4. The van der Waals surface area contributed by atoms with E-state index in [0.717, 1.165) is 30.6 Å². The minimum Gasteiger partial charge on any atom is -0.423 e. The van der Waals surface area contributed by atoms with Crippen molar-refractivity contribution in [2.75, 3.05) is 11.4 Å². The molecule has 0 amide bonds. The second kappa shape index (κ2) is 4.99. The normalized spacial score (nSPS) is 15.2. The number of fused-ring (bicyclic) bond motifs is 2. The molecule has 23 heavy (non-hydrogen) atoms. The van der Waals surface area contributed by atoms with Crippen LogP contribution in [0.5, 0.6) is 0 Å². The lowest BCUT2D eigenvalue weighted by Crippen LogP contribution is -2.33. The van der Waals surface area contributed by atoms with E-state index in [-0.39, 0.29) is 5.54 Å². The van der Waals surface area contributed by atoms with Gasteiger partial charge in [0.25, 0.3) is 6.01 Å². The largest absolute Gasteiger partial charge is 0.423 e. The third-order valence-corrected chi connectivity index (χ3v) is 4.41. The van der Waals surface area contributed by atoms with Gasteiger partial charge in [-0.05, 0) is 39.0 Å². The molecule has 0 spiro atoms. The molecule has 6 heteroatoms. The maximum atomic E-state index is 6.02. The number of aromatic nitrogens is 3. The minimum atomic E-state index is 0.00408. The second-order valence-corrected chi connectivity index (χ2v) is 7.42. The van der Waals surface area contributed by atoms with E-state index >= 15 is 0 Å². The highest BCUT2D eigenvalue weighted by molar-refractivity contribution is 6.31. The summed E-state index contributed by atoms with van der Waals surface area (Å²) in [5.41, 5.74) is 4.12. The summed E-state index contributed by atoms with van der Waals surface area (Å²) in [5.74, 6) is 0. The summed E-state index contributed by atoms with van der Waals surface area (Å²) in [6.45, 7) is 8.17. The van der Waals surface area contributed by atoms with Crippen LogP contribution in [0.15, 0.2) is 28.8 Å². The number of anilines is 1. The zero-order valence-corrected chi connectivity index (χ0v) is 14.3. The van der Waals surface area contributed by atoms with Crippen molar-refractivity contribution in [3.05, 3.63) is 40.7 Å². The molecule has 0 atom stereocenters. The van der Waals surface area contributed by atoms with Crippen LogP contribution in [-0.2, 0) is 18.5 Å². The molecule has 5 nitrogen and oxygen atoms in total. The molecule has 2 aromatic heterocycles. The topological polar surface area (TPSA) is 47.1 Å². The van der Waals surface area contributed by atoms with Crippen molar-refractivity contribution in [1.29, 1.82) is 0 Å². The summed E-state index contributed by atoms with van der Waals surface area (Å²) in [4.78, 5) is 6.73. The lowest BCUT2D eigenvalue weighted by Gasteiger charge is -2.29. The fourth-order valence-electron chi connectivity index (χ4n) is 3.10. The Hall–Kier alpha value is -2.01. The molecule has 0 unspecified atom stereocenters. The minimum absolute atomic E-state index is 0.00408. The number of oxazole rings is 1. The maximum absolute atomic E-state index is 6.02. The van der Waals surface area contributed by atoms with E-state index in [0.29, 0.717) is 11.0 Å². The predicted molar refractivity (Wildman–Crippen MR) is 91.0 cm³/mol. The van der Waals surface area contributed by atoms with Crippen LogP contribution in [0.3, 0.4) is 0 Å². The highest BCUT2D eigenvalue weighted by Gasteiger charge is 2.27. The van der Waals surface area contributed by atoms with Crippen LogP contribution >= 0.6 is 11.6 Å². The van der Waals surface area contributed by atoms with Crippen molar-refractivity contribution in [3.63, 3.8) is 0 Å². The van der Waals surface area contributed by atoms with Gasteiger partial charge < -0.3 is 9.32 Å². The number of rotatable bonds is 1. The molecular weight excluding hydrogens is 312 g/mol. The predicted octanol–water partition coefficient (Wildman–Crippen LogP) is 4.00. The van der Waals surface area contributed by atoms with Gasteiger partial charge in [0.05, 0.1) is 18.3 Å². The number of hydrogen-bond acceptors (Lipinski definition) is 4. The Bertz CT molecular complexity index is 874. The fourth-order valence-corrected chi connectivity index (χ4v) is 3.26. The molecule has 0 radical (unpaired) electrons. The van der Waals surface area contributed by atoms with Crippen molar-refractivity contribution in [2.24, 2.45) is 0 Å². The first kappa shape index (κ1) is 14.6. The first-order chi connectivity index (χ1) is 10.9. The average Bonchev–Trinajstić information content (AvgIpc) is 3.08. The van der Waals surface area contributed by atoms with Crippen LogP contribution in [-0.4, -0.2) is 21.3 Å². The van der Waals surface area contributed by atoms with Crippen LogP contribution < -0.4 is 4.90 Å². The van der Waals surface area contributed by atoms with Crippen molar-refractivity contribution in [1.82, 2.24) is 14.8 Å². The lowest BCUT2D eigenvalue weighted by atomic mass is 10.0. The summed E-state index contributed by atoms with van der Waals surface area (Å²) in [5, 5.41) is 5.24. The van der Waals surface area contributed by atoms with Gasteiger partial charge in [-0.1, -0.05) is 11.6 Å². The van der Waals surface area contributed by atoms with E-state index in [1.54, 1.807) is 0 Å². The van der Waals surface area contributed by atoms with Gasteiger partial charge in [-0.25, -0.2) is 0 Å². The average molecular weight is 331 g/mol. The summed E-state index contributed by atoms with van der Waals surface area (Å²) in [6.07, 6.45) is 2.90. The third kappa shape index (κ3) is 2.49. The molecule has 120 valence electrons. The van der Waals surface area contributed by atoms with Crippen molar-refractivity contribution in [3.8, 4) is 0 Å². The Morgan fingerprint density at radius 3 is 2.87 bits per heavy atom. The zero-order valence-electron chi connectivity index (χ0n) is 13.5. The van der Waals surface area contributed by atoms with Crippen LogP contribution in [0.25, 0.3) is 11.1 Å². The van der Waals surface area contributed by atoms with Gasteiger partial charge in [0.1, 0.15) is 5.52 Å². The van der Waals surface area contributed by atoms with Crippen molar-refractivity contribution >= 4 is 28.7 Å². The molecule has 0 fully saturated rings. The highest BCUT2D eigenvalue weighted by atomic mass is 35.5. The van der Waals surface area contributed by atoms with Crippen LogP contribution in [0.1, 0.15) is 32.0 Å². The summed E-state index contributed by atoms with van der Waals surface area (Å²) >= 11 is 6.02. The van der Waals surface area contributed by atoms with E-state index < -0.39 is 0 Å². The van der Waals surface area contributed by atoms with Crippen LogP contribution in [0, 0.1) is 0 Å². The molecule has 0 N–H and O–H groups in total. The van der Waals surface area contributed by atoms with Gasteiger partial charge in [0.2, 0.25) is 0 Å². The Labute approximate surface area is 139 Å². The van der Waals surface area contributed by atoms with Crippen LogP contribution in [0.4, 0.5) is 6.01 Å². The SMILES string of the molecule is CC(C)(C)n1ncc2c1CCN(c1nc3cc(Cl)ccc3o1)C2. The number of halogens is 1. The van der Waals surface area contributed by atoms with E-state index in [1.165, 1.54) is 11.3 Å². The molecular formula is C17H19ClN4O. The quantitative estimate of drug-likeness (QED) is 0.676. The second-order valence-electron chi connectivity index (χ2n) is 6.98. The third-order valence-electron chi connectivity index (χ3n) is 4.18. The molecule has 0 saturated carbocycles. The van der Waals surface area contributed by atoms with Crippen molar-refractivity contribution in [2.45, 2.75) is 39.3 Å². The zero-order chi connectivity index (χ0) is 16.2. The van der Waals surface area contributed by atoms with Gasteiger partial charge in [-0.15, -0.1) is 0 Å². The van der Waals surface area contributed by atoms with Gasteiger partial charge in [0.15, 0.2) is 5.58 Å². The molecule has 4 rings (SSSR count). The first-order valence-electron chi connectivity index (χ1n) is 7.79. The highest BCUT2D eigenvalue weighted by Crippen LogP contribution is 2.30. The Kier molecular flexibility index (Phi) is 3.17. The molecule has 1 aromatic carbocycles. The standard InChI is InChI=1S/C17H19ClN4O/c1-17(2,3)22-14-6-7-21(10-11(14)9-19-22)16-20-13-8-12(18)4-5-15(13)23-16/h4-5,8-9H,6-7,10H2,1-3H3. The summed E-state index contributed by atoms with van der Waals surface area (Å²) in [7, 11) is 0. The van der Waals surface area contributed by atoms with E-state index in [1.807, 2.05) is 24.4 Å². The van der Waals surface area contributed by atoms with Gasteiger partial charge in [-0.2, -0.15) is 10.1 Å². The molecule has 3 heterocycles. The van der Waals surface area contributed by atoms with E-state index in [4.69, 9.17) is 16.0 Å². The Morgan fingerprint density at radius 1 is 1.26 bits per heavy atom. The molecule has 3 aromatic rings. The number of benzene rings is 1. The Balaban J connectivity index is 1.66. The van der Waals surface area contributed by atoms with Crippen LogP contribution in [0.2, 0.25) is 5.02 Å². The fraction of sp³-hybridized carbons (Fsp3) is 0.412. The lowest BCUT2D eigenvalue weighted by molar-refractivity contribution is 0.341. The monoisotopic (exact) mass is 330 g/mol. The van der Waals surface area contributed by atoms with Gasteiger partial charge in [0, 0.05) is 29.2 Å². The molecule has 0 aliphatic carbocycles. The molecule has 0 saturated heterocycles. The maximum Gasteiger partial charge on any atom is 0.298 e. The summed E-state index contributed by atoms with van der Waals surface area (Å²) < 4.78 is 8.01. The van der Waals surface area contributed by atoms with Crippen molar-refractivity contribution < 1.29 is 4.42 Å².